The number of carbonyl (C=O) groups excluding carboxylic acids is 2. The maximum absolute atomic E-state index is 12.2. The van der Waals surface area contributed by atoms with Gasteiger partial charge < -0.3 is 0 Å². The van der Waals surface area contributed by atoms with E-state index in [9.17, 15) is 9.59 Å². The molecule has 0 bridgehead atoms. The SMILES string of the molecule is C=CC/C(=C\C)C(=O)C(C)C(=O)c1ccc(Cl)cc1. The first kappa shape index (κ1) is 15.4. The van der Waals surface area contributed by atoms with E-state index < -0.39 is 5.92 Å². The molecular weight excluding hydrogens is 260 g/mol. The minimum atomic E-state index is -0.688. The van der Waals surface area contributed by atoms with Crippen molar-refractivity contribution < 1.29 is 9.59 Å². The van der Waals surface area contributed by atoms with Gasteiger partial charge in [0.1, 0.15) is 0 Å². The van der Waals surface area contributed by atoms with E-state index >= 15 is 0 Å². The van der Waals surface area contributed by atoms with Crippen molar-refractivity contribution in [3.05, 3.63) is 59.2 Å². The fourth-order valence-electron chi connectivity index (χ4n) is 1.78. The minimum absolute atomic E-state index is 0.151. The summed E-state index contributed by atoms with van der Waals surface area (Å²) in [4.78, 5) is 24.4. The molecule has 19 heavy (non-hydrogen) atoms. The first-order chi connectivity index (χ1) is 9.01. The summed E-state index contributed by atoms with van der Waals surface area (Å²) >= 11 is 5.77. The van der Waals surface area contributed by atoms with Gasteiger partial charge in [-0.1, -0.05) is 23.8 Å². The fraction of sp³-hybridized carbons (Fsp3) is 0.250. The van der Waals surface area contributed by atoms with E-state index in [1.807, 2.05) is 0 Å². The summed E-state index contributed by atoms with van der Waals surface area (Å²) in [5.41, 5.74) is 1.11. The Morgan fingerprint density at radius 2 is 1.89 bits per heavy atom. The zero-order valence-corrected chi connectivity index (χ0v) is 11.9. The van der Waals surface area contributed by atoms with Gasteiger partial charge in [0, 0.05) is 10.6 Å². The van der Waals surface area contributed by atoms with E-state index in [0.717, 1.165) is 0 Å². The van der Waals surface area contributed by atoms with Gasteiger partial charge >= 0.3 is 0 Å². The molecule has 0 saturated heterocycles. The van der Waals surface area contributed by atoms with Crippen LogP contribution in [0.3, 0.4) is 0 Å². The van der Waals surface area contributed by atoms with E-state index in [0.29, 0.717) is 22.6 Å². The zero-order chi connectivity index (χ0) is 14.4. The van der Waals surface area contributed by atoms with Gasteiger partial charge in [-0.05, 0) is 50.1 Å². The number of halogens is 1. The molecule has 1 aromatic rings. The monoisotopic (exact) mass is 276 g/mol. The lowest BCUT2D eigenvalue weighted by atomic mass is 9.90. The predicted molar refractivity (Wildman–Crippen MR) is 78.5 cm³/mol. The maximum atomic E-state index is 12.2. The van der Waals surface area contributed by atoms with Crippen molar-refractivity contribution in [1.29, 1.82) is 0 Å². The van der Waals surface area contributed by atoms with Crippen molar-refractivity contribution in [2.75, 3.05) is 0 Å². The Labute approximate surface area is 118 Å². The third-order valence-electron chi connectivity index (χ3n) is 2.94. The van der Waals surface area contributed by atoms with Crippen LogP contribution in [0.4, 0.5) is 0 Å². The van der Waals surface area contributed by atoms with Gasteiger partial charge in [-0.2, -0.15) is 0 Å². The fourth-order valence-corrected chi connectivity index (χ4v) is 1.90. The van der Waals surface area contributed by atoms with Crippen LogP contribution >= 0.6 is 11.6 Å². The van der Waals surface area contributed by atoms with Crippen LogP contribution < -0.4 is 0 Å². The third-order valence-corrected chi connectivity index (χ3v) is 3.20. The second kappa shape index (κ2) is 7.05. The van der Waals surface area contributed by atoms with Gasteiger partial charge in [-0.25, -0.2) is 0 Å². The molecule has 0 radical (unpaired) electrons. The number of benzene rings is 1. The van der Waals surface area contributed by atoms with E-state index in [2.05, 4.69) is 6.58 Å². The van der Waals surface area contributed by atoms with Gasteiger partial charge in [0.25, 0.3) is 0 Å². The maximum Gasteiger partial charge on any atom is 0.173 e. The number of hydrogen-bond acceptors (Lipinski definition) is 2. The topological polar surface area (TPSA) is 34.1 Å². The standard InChI is InChI=1S/C16H17ClO2/c1-4-6-12(5-2)15(18)11(3)16(19)13-7-9-14(17)10-8-13/h4-5,7-11H,1,6H2,2-3H3/b12-5+. The van der Waals surface area contributed by atoms with E-state index in [4.69, 9.17) is 11.6 Å². The Bertz CT molecular complexity index is 512. The Hall–Kier alpha value is -1.67. The smallest absolute Gasteiger partial charge is 0.173 e. The molecule has 0 aliphatic rings. The molecule has 0 heterocycles. The molecule has 2 nitrogen and oxygen atoms in total. The Kier molecular flexibility index (Phi) is 5.71. The highest BCUT2D eigenvalue weighted by atomic mass is 35.5. The van der Waals surface area contributed by atoms with Gasteiger partial charge in [0.2, 0.25) is 0 Å². The molecule has 1 atom stereocenters. The summed E-state index contributed by atoms with van der Waals surface area (Å²) < 4.78 is 0. The highest BCUT2D eigenvalue weighted by molar-refractivity contribution is 6.30. The minimum Gasteiger partial charge on any atom is -0.294 e. The molecule has 0 aliphatic carbocycles. The first-order valence-corrected chi connectivity index (χ1v) is 6.49. The van der Waals surface area contributed by atoms with Crippen LogP contribution in [0, 0.1) is 5.92 Å². The summed E-state index contributed by atoms with van der Waals surface area (Å²) in [5, 5.41) is 0.566. The summed E-state index contributed by atoms with van der Waals surface area (Å²) in [6.07, 6.45) is 3.87. The summed E-state index contributed by atoms with van der Waals surface area (Å²) in [7, 11) is 0. The highest BCUT2D eigenvalue weighted by Gasteiger charge is 2.24. The Morgan fingerprint density at radius 3 is 2.37 bits per heavy atom. The average Bonchev–Trinajstić information content (AvgIpc) is 2.43. The number of Topliss-reactive ketones (excluding diaryl/α,β-unsaturated/α-hetero) is 2. The molecule has 100 valence electrons. The first-order valence-electron chi connectivity index (χ1n) is 6.11. The summed E-state index contributed by atoms with van der Waals surface area (Å²) in [6.45, 7) is 7.03. The molecule has 3 heteroatoms. The Morgan fingerprint density at radius 1 is 1.32 bits per heavy atom. The average molecular weight is 277 g/mol. The number of allylic oxidation sites excluding steroid dienone is 3. The number of ketones is 2. The molecule has 0 saturated carbocycles. The summed E-state index contributed by atoms with van der Waals surface area (Å²) in [6, 6.07) is 6.56. The lowest BCUT2D eigenvalue weighted by Gasteiger charge is -2.11. The Balaban J connectivity index is 2.90. The zero-order valence-electron chi connectivity index (χ0n) is 11.2. The molecule has 1 rings (SSSR count). The molecular formula is C16H17ClO2. The van der Waals surface area contributed by atoms with Crippen LogP contribution in [0.2, 0.25) is 5.02 Å². The quantitative estimate of drug-likeness (QED) is 0.337. The molecule has 0 fully saturated rings. The van der Waals surface area contributed by atoms with E-state index in [1.54, 1.807) is 50.3 Å². The van der Waals surface area contributed by atoms with Crippen molar-refractivity contribution in [2.45, 2.75) is 20.3 Å². The number of carbonyl (C=O) groups is 2. The van der Waals surface area contributed by atoms with Crippen molar-refractivity contribution in [3.8, 4) is 0 Å². The molecule has 0 spiro atoms. The lowest BCUT2D eigenvalue weighted by molar-refractivity contribution is -0.117. The highest BCUT2D eigenvalue weighted by Crippen LogP contribution is 2.18. The van der Waals surface area contributed by atoms with Crippen LogP contribution in [0.5, 0.6) is 0 Å². The van der Waals surface area contributed by atoms with Crippen molar-refractivity contribution >= 4 is 23.2 Å². The van der Waals surface area contributed by atoms with Crippen molar-refractivity contribution in [3.63, 3.8) is 0 Å². The van der Waals surface area contributed by atoms with E-state index in [1.165, 1.54) is 0 Å². The van der Waals surface area contributed by atoms with Crippen LogP contribution in [-0.4, -0.2) is 11.6 Å². The molecule has 0 N–H and O–H groups in total. The van der Waals surface area contributed by atoms with Gasteiger partial charge in [-0.15, -0.1) is 6.58 Å². The molecule has 0 amide bonds. The van der Waals surface area contributed by atoms with Crippen LogP contribution in [-0.2, 0) is 4.79 Å². The van der Waals surface area contributed by atoms with Crippen LogP contribution in [0.15, 0.2) is 48.6 Å². The number of rotatable bonds is 6. The second-order valence-corrected chi connectivity index (χ2v) is 4.70. The molecule has 1 unspecified atom stereocenters. The predicted octanol–water partition coefficient (Wildman–Crippen LogP) is 4.25. The third kappa shape index (κ3) is 3.90. The van der Waals surface area contributed by atoms with Gasteiger partial charge in [0.05, 0.1) is 5.92 Å². The van der Waals surface area contributed by atoms with Gasteiger partial charge in [-0.3, -0.25) is 9.59 Å². The summed E-state index contributed by atoms with van der Waals surface area (Å²) in [5.74, 6) is -1.03. The van der Waals surface area contributed by atoms with Crippen LogP contribution in [0.25, 0.3) is 0 Å². The molecule has 1 aromatic carbocycles. The number of hydrogen-bond donors (Lipinski definition) is 0. The molecule has 0 aliphatic heterocycles. The van der Waals surface area contributed by atoms with Crippen LogP contribution in [0.1, 0.15) is 30.6 Å². The normalized spacial score (nSPS) is 12.9. The van der Waals surface area contributed by atoms with Gasteiger partial charge in [0.15, 0.2) is 11.6 Å². The van der Waals surface area contributed by atoms with Crippen molar-refractivity contribution in [2.24, 2.45) is 5.92 Å². The second-order valence-electron chi connectivity index (χ2n) is 4.26. The lowest BCUT2D eigenvalue weighted by Crippen LogP contribution is -2.22. The molecule has 0 aromatic heterocycles. The van der Waals surface area contributed by atoms with E-state index in [-0.39, 0.29) is 11.6 Å². The van der Waals surface area contributed by atoms with Crippen molar-refractivity contribution in [1.82, 2.24) is 0 Å². The largest absolute Gasteiger partial charge is 0.294 e.